The summed E-state index contributed by atoms with van der Waals surface area (Å²) in [5, 5.41) is 15.3. The van der Waals surface area contributed by atoms with Gasteiger partial charge in [0, 0.05) is 5.41 Å². The molecule has 1 aromatic rings. The molecule has 3 aliphatic rings. The largest absolute Gasteiger partial charge is 0.497 e. The van der Waals surface area contributed by atoms with E-state index in [9.17, 15) is 5.11 Å². The highest BCUT2D eigenvalue weighted by atomic mass is 35.5. The van der Waals surface area contributed by atoms with Crippen LogP contribution in [0, 0.1) is 5.92 Å². The predicted molar refractivity (Wildman–Crippen MR) is 108 cm³/mol. The normalized spacial score (nSPS) is 30.5. The number of rotatable bonds is 6. The molecular weight excluding hydrogens is 346 g/mol. The number of methoxy groups -OCH3 is 1. The van der Waals surface area contributed by atoms with Crippen molar-refractivity contribution in [1.29, 1.82) is 0 Å². The van der Waals surface area contributed by atoms with Crippen molar-refractivity contribution in [3.05, 3.63) is 29.3 Å². The molecule has 3 nitrogen and oxygen atoms in total. The van der Waals surface area contributed by atoms with Crippen molar-refractivity contribution in [2.45, 2.75) is 75.2 Å². The number of hydrogen-bond acceptors (Lipinski definition) is 3. The first-order valence-electron chi connectivity index (χ1n) is 10.3. The van der Waals surface area contributed by atoms with Crippen molar-refractivity contribution in [2.75, 3.05) is 20.2 Å². The van der Waals surface area contributed by atoms with Crippen LogP contribution in [0.4, 0.5) is 0 Å². The van der Waals surface area contributed by atoms with Crippen molar-refractivity contribution in [3.63, 3.8) is 0 Å². The predicted octanol–water partition coefficient (Wildman–Crippen LogP) is 4.39. The molecule has 0 amide bonds. The highest BCUT2D eigenvalue weighted by Gasteiger charge is 2.54. The minimum atomic E-state index is -0.539. The second kappa shape index (κ2) is 8.08. The Bertz CT molecular complexity index is 618. The highest BCUT2D eigenvalue weighted by Crippen LogP contribution is 2.55. The Balaban J connectivity index is 0.00000196. The standard InChI is InChI=1S/C22H33NO2.ClH/c1-25-19-8-7-18-9-12-22(24)11-3-2-10-21(22,20(18)15-19)13-14-23-16-17-5-4-6-17;/h7-8,15,17,23-24H,2-6,9-14,16H2,1H3;1H/t21-,22+;/m0./s1. The minimum Gasteiger partial charge on any atom is -0.497 e. The molecule has 2 N–H and O–H groups in total. The van der Waals surface area contributed by atoms with Gasteiger partial charge in [-0.05, 0) is 87.2 Å². The molecule has 4 heteroatoms. The lowest BCUT2D eigenvalue weighted by Crippen LogP contribution is -2.57. The van der Waals surface area contributed by atoms with Crippen molar-refractivity contribution in [3.8, 4) is 5.75 Å². The number of fused-ring (bicyclic) bond motifs is 3. The van der Waals surface area contributed by atoms with Gasteiger partial charge in [-0.2, -0.15) is 0 Å². The van der Waals surface area contributed by atoms with Crippen molar-refractivity contribution >= 4 is 12.4 Å². The zero-order valence-corrected chi connectivity index (χ0v) is 16.9. The summed E-state index contributed by atoms with van der Waals surface area (Å²) in [5.41, 5.74) is 2.15. The fraction of sp³-hybridized carbons (Fsp3) is 0.727. The molecule has 0 aromatic heterocycles. The Kier molecular flexibility index (Phi) is 6.21. The number of aryl methyl sites for hydroxylation is 1. The van der Waals surface area contributed by atoms with Crippen LogP contribution in [0.1, 0.15) is 68.9 Å². The Morgan fingerprint density at radius 1 is 1.15 bits per heavy atom. The van der Waals surface area contributed by atoms with E-state index in [0.29, 0.717) is 0 Å². The van der Waals surface area contributed by atoms with Crippen LogP contribution in [-0.2, 0) is 11.8 Å². The molecule has 2 saturated carbocycles. The van der Waals surface area contributed by atoms with Gasteiger partial charge in [-0.25, -0.2) is 0 Å². The first-order valence-corrected chi connectivity index (χ1v) is 10.3. The third-order valence-electron chi connectivity index (χ3n) is 7.36. The SMILES string of the molecule is COc1ccc2c(c1)[C@@]1(CCNCC3CCC3)CCCC[C@@]1(O)CC2.Cl. The maximum absolute atomic E-state index is 11.6. The summed E-state index contributed by atoms with van der Waals surface area (Å²) < 4.78 is 5.52. The van der Waals surface area contributed by atoms with E-state index in [0.717, 1.165) is 63.3 Å². The van der Waals surface area contributed by atoms with Gasteiger partial charge in [0.1, 0.15) is 5.75 Å². The van der Waals surface area contributed by atoms with Gasteiger partial charge in [0.05, 0.1) is 12.7 Å². The molecule has 0 heterocycles. The first kappa shape index (κ1) is 20.0. The molecule has 0 aliphatic heterocycles. The number of hydrogen-bond donors (Lipinski definition) is 2. The lowest BCUT2D eigenvalue weighted by molar-refractivity contribution is -0.0869. The second-order valence-corrected chi connectivity index (χ2v) is 8.59. The number of ether oxygens (including phenoxy) is 1. The highest BCUT2D eigenvalue weighted by molar-refractivity contribution is 5.85. The molecule has 0 radical (unpaired) electrons. The Morgan fingerprint density at radius 3 is 2.69 bits per heavy atom. The number of nitrogens with one attached hydrogen (secondary N) is 1. The maximum Gasteiger partial charge on any atom is 0.119 e. The summed E-state index contributed by atoms with van der Waals surface area (Å²) in [6.45, 7) is 2.16. The van der Waals surface area contributed by atoms with Gasteiger partial charge in [-0.1, -0.05) is 25.3 Å². The summed E-state index contributed by atoms with van der Waals surface area (Å²) in [6, 6.07) is 6.52. The van der Waals surface area contributed by atoms with Gasteiger partial charge in [0.25, 0.3) is 0 Å². The average molecular weight is 380 g/mol. The van der Waals surface area contributed by atoms with E-state index in [1.165, 1.54) is 36.8 Å². The Morgan fingerprint density at radius 2 is 1.96 bits per heavy atom. The maximum atomic E-state index is 11.6. The van der Waals surface area contributed by atoms with E-state index >= 15 is 0 Å². The minimum absolute atomic E-state index is 0. The molecule has 2 fully saturated rings. The van der Waals surface area contributed by atoms with E-state index < -0.39 is 5.60 Å². The van der Waals surface area contributed by atoms with Crippen LogP contribution in [0.3, 0.4) is 0 Å². The van der Waals surface area contributed by atoms with Crippen molar-refractivity contribution in [2.24, 2.45) is 5.92 Å². The zero-order valence-electron chi connectivity index (χ0n) is 16.1. The topological polar surface area (TPSA) is 41.5 Å². The summed E-state index contributed by atoms with van der Waals surface area (Å²) in [7, 11) is 1.74. The van der Waals surface area contributed by atoms with Crippen LogP contribution < -0.4 is 10.1 Å². The molecule has 0 spiro atoms. The average Bonchev–Trinajstić information content (AvgIpc) is 2.60. The van der Waals surface area contributed by atoms with E-state index in [4.69, 9.17) is 4.74 Å². The van der Waals surface area contributed by atoms with Crippen LogP contribution in [0.15, 0.2) is 18.2 Å². The molecule has 0 bridgehead atoms. The molecular formula is C22H34ClNO2. The van der Waals surface area contributed by atoms with Crippen molar-refractivity contribution in [1.82, 2.24) is 5.32 Å². The molecule has 26 heavy (non-hydrogen) atoms. The van der Waals surface area contributed by atoms with Crippen LogP contribution >= 0.6 is 12.4 Å². The lowest BCUT2D eigenvalue weighted by atomic mass is 9.53. The molecule has 4 rings (SSSR count). The fourth-order valence-electron chi connectivity index (χ4n) is 5.55. The molecule has 0 saturated heterocycles. The summed E-state index contributed by atoms with van der Waals surface area (Å²) >= 11 is 0. The Labute approximate surface area is 164 Å². The van der Waals surface area contributed by atoms with Gasteiger partial charge in [0.15, 0.2) is 0 Å². The molecule has 3 aliphatic carbocycles. The molecule has 146 valence electrons. The second-order valence-electron chi connectivity index (χ2n) is 8.59. The van der Waals surface area contributed by atoms with E-state index in [1.54, 1.807) is 7.11 Å². The van der Waals surface area contributed by atoms with Crippen LogP contribution in [0.2, 0.25) is 0 Å². The molecule has 1 aromatic carbocycles. The monoisotopic (exact) mass is 379 g/mol. The zero-order chi connectivity index (χ0) is 17.3. The number of benzene rings is 1. The fourth-order valence-corrected chi connectivity index (χ4v) is 5.55. The third kappa shape index (κ3) is 3.39. The lowest BCUT2D eigenvalue weighted by Gasteiger charge is -2.55. The Hall–Kier alpha value is -0.770. The molecule has 2 atom stereocenters. The van der Waals surface area contributed by atoms with Gasteiger partial charge < -0.3 is 15.2 Å². The van der Waals surface area contributed by atoms with Gasteiger partial charge >= 0.3 is 0 Å². The van der Waals surface area contributed by atoms with E-state index in [2.05, 4.69) is 23.5 Å². The quantitative estimate of drug-likeness (QED) is 0.720. The van der Waals surface area contributed by atoms with Crippen LogP contribution in [0.25, 0.3) is 0 Å². The summed E-state index contributed by atoms with van der Waals surface area (Å²) in [5.74, 6) is 1.82. The smallest absolute Gasteiger partial charge is 0.119 e. The number of halogens is 1. The summed E-state index contributed by atoms with van der Waals surface area (Å²) in [4.78, 5) is 0. The van der Waals surface area contributed by atoms with Crippen molar-refractivity contribution < 1.29 is 9.84 Å². The van der Waals surface area contributed by atoms with Crippen LogP contribution in [0.5, 0.6) is 5.75 Å². The van der Waals surface area contributed by atoms with E-state index in [1.807, 2.05) is 0 Å². The van der Waals surface area contributed by atoms with E-state index in [-0.39, 0.29) is 17.8 Å². The number of aliphatic hydroxyl groups is 1. The van der Waals surface area contributed by atoms with Gasteiger partial charge in [-0.15, -0.1) is 12.4 Å². The first-order chi connectivity index (χ1) is 12.2. The third-order valence-corrected chi connectivity index (χ3v) is 7.36. The summed E-state index contributed by atoms with van der Waals surface area (Å²) in [6.07, 6.45) is 11.6. The van der Waals surface area contributed by atoms with Gasteiger partial charge in [0.2, 0.25) is 0 Å². The molecule has 0 unspecified atom stereocenters. The van der Waals surface area contributed by atoms with Crippen LogP contribution in [-0.4, -0.2) is 30.9 Å². The van der Waals surface area contributed by atoms with Gasteiger partial charge in [-0.3, -0.25) is 0 Å².